The minimum atomic E-state index is -3.09. The molecule has 0 aliphatic carbocycles. The number of hydrogen-bond acceptors (Lipinski definition) is 6. The first-order chi connectivity index (χ1) is 11.6. The summed E-state index contributed by atoms with van der Waals surface area (Å²) in [4.78, 5) is 4.43. The molecule has 8 heteroatoms. The van der Waals surface area contributed by atoms with Gasteiger partial charge in [-0.15, -0.1) is 10.2 Å². The number of aromatic nitrogens is 2. The van der Waals surface area contributed by atoms with Gasteiger partial charge in [0.25, 0.3) is 0 Å². The predicted octanol–water partition coefficient (Wildman–Crippen LogP) is 1.33. The van der Waals surface area contributed by atoms with Crippen LogP contribution in [-0.4, -0.2) is 67.9 Å². The Kier molecular flexibility index (Phi) is 5.55. The molecule has 0 radical (unpaired) electrons. The Morgan fingerprint density at radius 2 is 1.33 bits per heavy atom. The van der Waals surface area contributed by atoms with E-state index in [-0.39, 0.29) is 5.75 Å². The molecule has 0 saturated carbocycles. The molecule has 3 rings (SSSR count). The van der Waals surface area contributed by atoms with E-state index in [2.05, 4.69) is 20.0 Å². The third-order valence-corrected chi connectivity index (χ3v) is 6.77. The number of rotatable bonds is 4. The number of anilines is 2. The van der Waals surface area contributed by atoms with Crippen molar-refractivity contribution in [1.29, 1.82) is 0 Å². The summed E-state index contributed by atoms with van der Waals surface area (Å²) >= 11 is 0. The molecule has 0 unspecified atom stereocenters. The van der Waals surface area contributed by atoms with Crippen molar-refractivity contribution in [3.63, 3.8) is 0 Å². The van der Waals surface area contributed by atoms with Gasteiger partial charge in [-0.3, -0.25) is 0 Å². The molecule has 1 aromatic heterocycles. The lowest BCUT2D eigenvalue weighted by Crippen LogP contribution is -2.49. The fourth-order valence-electron chi connectivity index (χ4n) is 3.33. The molecule has 0 amide bonds. The quantitative estimate of drug-likeness (QED) is 0.813. The summed E-state index contributed by atoms with van der Waals surface area (Å²) < 4.78 is 25.4. The van der Waals surface area contributed by atoms with E-state index >= 15 is 0 Å². The zero-order valence-electron chi connectivity index (χ0n) is 14.4. The van der Waals surface area contributed by atoms with Gasteiger partial charge in [0.2, 0.25) is 10.0 Å². The van der Waals surface area contributed by atoms with Gasteiger partial charge in [-0.05, 0) is 31.9 Å². The van der Waals surface area contributed by atoms with Gasteiger partial charge < -0.3 is 9.80 Å². The molecule has 0 aromatic carbocycles. The van der Waals surface area contributed by atoms with Crippen LogP contribution >= 0.6 is 0 Å². The Bertz CT molecular complexity index is 618. The number of hydrogen-bond donors (Lipinski definition) is 0. The van der Waals surface area contributed by atoms with Crippen molar-refractivity contribution >= 4 is 21.7 Å². The third kappa shape index (κ3) is 3.97. The summed E-state index contributed by atoms with van der Waals surface area (Å²) in [6.07, 6.45) is 5.04. The van der Waals surface area contributed by atoms with E-state index in [1.54, 1.807) is 11.2 Å². The average Bonchev–Trinajstić information content (AvgIpc) is 2.91. The highest BCUT2D eigenvalue weighted by Gasteiger charge is 2.26. The third-order valence-electron chi connectivity index (χ3n) is 4.89. The molecular formula is C16H27N5O2S. The molecule has 0 N–H and O–H groups in total. The summed E-state index contributed by atoms with van der Waals surface area (Å²) in [5, 5.41) is 8.79. The second kappa shape index (κ2) is 7.65. The molecule has 0 atom stereocenters. The molecule has 0 spiro atoms. The molecule has 3 heterocycles. The van der Waals surface area contributed by atoms with Crippen molar-refractivity contribution in [2.24, 2.45) is 0 Å². The summed E-state index contributed by atoms with van der Waals surface area (Å²) in [6, 6.07) is 4.06. The summed E-state index contributed by atoms with van der Waals surface area (Å²) in [5.74, 6) is 1.95. The van der Waals surface area contributed by atoms with Crippen molar-refractivity contribution < 1.29 is 8.42 Å². The lowest BCUT2D eigenvalue weighted by atomic mass is 10.2. The molecule has 2 saturated heterocycles. The molecule has 2 aliphatic heterocycles. The van der Waals surface area contributed by atoms with Crippen molar-refractivity contribution in [3.05, 3.63) is 12.1 Å². The normalized spacial score (nSPS) is 20.9. The van der Waals surface area contributed by atoms with E-state index in [9.17, 15) is 8.42 Å². The lowest BCUT2D eigenvalue weighted by Gasteiger charge is -2.34. The highest BCUT2D eigenvalue weighted by Crippen LogP contribution is 2.20. The van der Waals surface area contributed by atoms with Crippen molar-refractivity contribution in [2.75, 3.05) is 54.8 Å². The van der Waals surface area contributed by atoms with Crippen LogP contribution in [0.3, 0.4) is 0 Å². The summed E-state index contributed by atoms with van der Waals surface area (Å²) in [7, 11) is -3.09. The van der Waals surface area contributed by atoms with Gasteiger partial charge in [0.15, 0.2) is 11.6 Å². The first-order valence-corrected chi connectivity index (χ1v) is 10.5. The highest BCUT2D eigenvalue weighted by molar-refractivity contribution is 7.89. The Hall–Kier alpha value is -1.41. The standard InChI is InChI=1S/C16H27N5O2S/c1-2-24(22,23)21-13-11-20(12-14-21)16-8-7-15(17-18-16)19-9-5-3-4-6-10-19/h7-8H,2-6,9-14H2,1H3. The van der Waals surface area contributed by atoms with Crippen LogP contribution in [0.2, 0.25) is 0 Å². The number of sulfonamides is 1. The lowest BCUT2D eigenvalue weighted by molar-refractivity contribution is 0.384. The number of nitrogens with zero attached hydrogens (tertiary/aromatic N) is 5. The highest BCUT2D eigenvalue weighted by atomic mass is 32.2. The number of piperazine rings is 1. The van der Waals surface area contributed by atoms with Crippen LogP contribution < -0.4 is 9.80 Å². The van der Waals surface area contributed by atoms with Crippen molar-refractivity contribution in [3.8, 4) is 0 Å². The van der Waals surface area contributed by atoms with Crippen LogP contribution in [0, 0.1) is 0 Å². The Morgan fingerprint density at radius 1 is 0.833 bits per heavy atom. The van der Waals surface area contributed by atoms with Gasteiger partial charge in [0.1, 0.15) is 0 Å². The van der Waals surface area contributed by atoms with Crippen LogP contribution in [-0.2, 0) is 10.0 Å². The first kappa shape index (κ1) is 17.4. The topological polar surface area (TPSA) is 69.6 Å². The fraction of sp³-hybridized carbons (Fsp3) is 0.750. The van der Waals surface area contributed by atoms with Crippen LogP contribution in [0.5, 0.6) is 0 Å². The Morgan fingerprint density at radius 3 is 1.79 bits per heavy atom. The second-order valence-corrected chi connectivity index (χ2v) is 8.70. The SMILES string of the molecule is CCS(=O)(=O)N1CCN(c2ccc(N3CCCCCC3)nn2)CC1. The smallest absolute Gasteiger partial charge is 0.213 e. The molecule has 0 bridgehead atoms. The van der Waals surface area contributed by atoms with Gasteiger partial charge >= 0.3 is 0 Å². The van der Waals surface area contributed by atoms with Crippen LogP contribution in [0.25, 0.3) is 0 Å². The minimum absolute atomic E-state index is 0.164. The predicted molar refractivity (Wildman–Crippen MR) is 96.0 cm³/mol. The zero-order chi connectivity index (χ0) is 17.0. The molecule has 134 valence electrons. The maximum absolute atomic E-state index is 11.9. The van der Waals surface area contributed by atoms with Gasteiger partial charge in [-0.25, -0.2) is 8.42 Å². The molecule has 24 heavy (non-hydrogen) atoms. The fourth-order valence-corrected chi connectivity index (χ4v) is 4.42. The zero-order valence-corrected chi connectivity index (χ0v) is 15.2. The molecule has 2 fully saturated rings. The molecule has 7 nitrogen and oxygen atoms in total. The van der Waals surface area contributed by atoms with Gasteiger partial charge in [0, 0.05) is 39.3 Å². The second-order valence-electron chi connectivity index (χ2n) is 6.44. The maximum Gasteiger partial charge on any atom is 0.213 e. The molecule has 1 aromatic rings. The van der Waals surface area contributed by atoms with Crippen LogP contribution in [0.1, 0.15) is 32.6 Å². The maximum atomic E-state index is 11.9. The Labute approximate surface area is 144 Å². The van der Waals surface area contributed by atoms with Crippen molar-refractivity contribution in [2.45, 2.75) is 32.6 Å². The minimum Gasteiger partial charge on any atom is -0.355 e. The largest absolute Gasteiger partial charge is 0.355 e. The van der Waals surface area contributed by atoms with E-state index in [0.29, 0.717) is 26.2 Å². The Balaban J connectivity index is 1.60. The van der Waals surface area contributed by atoms with E-state index in [4.69, 9.17) is 0 Å². The van der Waals surface area contributed by atoms with Crippen LogP contribution in [0.4, 0.5) is 11.6 Å². The van der Waals surface area contributed by atoms with E-state index < -0.39 is 10.0 Å². The van der Waals surface area contributed by atoms with E-state index in [1.807, 2.05) is 12.1 Å². The van der Waals surface area contributed by atoms with E-state index in [1.165, 1.54) is 25.7 Å². The van der Waals surface area contributed by atoms with Crippen LogP contribution in [0.15, 0.2) is 12.1 Å². The molecule has 2 aliphatic rings. The first-order valence-electron chi connectivity index (χ1n) is 8.91. The molecular weight excluding hydrogens is 326 g/mol. The van der Waals surface area contributed by atoms with Gasteiger partial charge in [-0.1, -0.05) is 12.8 Å². The average molecular weight is 353 g/mol. The van der Waals surface area contributed by atoms with Crippen molar-refractivity contribution in [1.82, 2.24) is 14.5 Å². The summed E-state index contributed by atoms with van der Waals surface area (Å²) in [5.41, 5.74) is 0. The summed E-state index contributed by atoms with van der Waals surface area (Å²) in [6.45, 7) is 6.17. The monoisotopic (exact) mass is 353 g/mol. The van der Waals surface area contributed by atoms with Gasteiger partial charge in [0.05, 0.1) is 5.75 Å². The van der Waals surface area contributed by atoms with E-state index in [0.717, 1.165) is 24.7 Å². The van der Waals surface area contributed by atoms with Gasteiger partial charge in [-0.2, -0.15) is 4.31 Å².